The molecular weight excluding hydrogens is 265 g/mol. The van der Waals surface area contributed by atoms with Gasteiger partial charge in [0, 0.05) is 16.7 Å². The number of rotatable bonds is 7. The number of carbonyl (C=O) groups excluding carboxylic acids is 1. The van der Waals surface area contributed by atoms with Gasteiger partial charge in [-0.3, -0.25) is 4.79 Å². The van der Waals surface area contributed by atoms with Crippen LogP contribution in [0.1, 0.15) is 31.9 Å². The third-order valence-electron chi connectivity index (χ3n) is 2.74. The topological polar surface area (TPSA) is 38.3 Å². The lowest BCUT2D eigenvalue weighted by atomic mass is 10.1. The van der Waals surface area contributed by atoms with E-state index in [1.165, 1.54) is 13.2 Å². The molecule has 0 aliphatic carbocycles. The zero-order valence-electron chi connectivity index (χ0n) is 11.5. The molecule has 0 saturated carbocycles. The van der Waals surface area contributed by atoms with Gasteiger partial charge in [0.05, 0.1) is 13.5 Å². The molecule has 1 rings (SSSR count). The van der Waals surface area contributed by atoms with E-state index >= 15 is 0 Å². The summed E-state index contributed by atoms with van der Waals surface area (Å²) >= 11 is 1.55. The van der Waals surface area contributed by atoms with Crippen molar-refractivity contribution >= 4 is 17.7 Å². The molecule has 0 aliphatic heterocycles. The van der Waals surface area contributed by atoms with Crippen molar-refractivity contribution in [2.75, 3.05) is 19.4 Å². The van der Waals surface area contributed by atoms with E-state index in [0.717, 1.165) is 17.0 Å². The van der Waals surface area contributed by atoms with Crippen molar-refractivity contribution in [3.63, 3.8) is 0 Å². The number of hydrogen-bond donors (Lipinski definition) is 1. The van der Waals surface area contributed by atoms with Gasteiger partial charge in [0.2, 0.25) is 0 Å². The van der Waals surface area contributed by atoms with Crippen molar-refractivity contribution in [3.8, 4) is 0 Å². The van der Waals surface area contributed by atoms with Gasteiger partial charge < -0.3 is 10.1 Å². The predicted octanol–water partition coefficient (Wildman–Crippen LogP) is 3.15. The van der Waals surface area contributed by atoms with Crippen LogP contribution >= 0.6 is 11.8 Å². The molecule has 0 bridgehead atoms. The van der Waals surface area contributed by atoms with Crippen LogP contribution in [0.15, 0.2) is 23.1 Å². The summed E-state index contributed by atoms with van der Waals surface area (Å²) in [5, 5.41) is 3.27. The lowest BCUT2D eigenvalue weighted by Gasteiger charge is -2.17. The van der Waals surface area contributed by atoms with E-state index < -0.39 is 0 Å². The largest absolute Gasteiger partial charge is 0.469 e. The van der Waals surface area contributed by atoms with Crippen molar-refractivity contribution < 1.29 is 13.9 Å². The Kier molecular flexibility index (Phi) is 6.87. The normalized spacial score (nSPS) is 12.2. The zero-order chi connectivity index (χ0) is 14.3. The molecule has 1 aromatic rings. The smallest absolute Gasteiger partial charge is 0.306 e. The number of benzene rings is 1. The monoisotopic (exact) mass is 285 g/mol. The van der Waals surface area contributed by atoms with E-state index in [4.69, 9.17) is 0 Å². The number of nitrogens with one attached hydrogen (secondary N) is 1. The molecule has 0 amide bonds. The molecule has 106 valence electrons. The molecule has 0 aromatic heterocycles. The number of halogens is 1. The van der Waals surface area contributed by atoms with Crippen LogP contribution < -0.4 is 5.32 Å². The fourth-order valence-corrected chi connectivity index (χ4v) is 2.81. The fourth-order valence-electron chi connectivity index (χ4n) is 1.75. The van der Waals surface area contributed by atoms with E-state index in [9.17, 15) is 9.18 Å². The van der Waals surface area contributed by atoms with Gasteiger partial charge in [-0.15, -0.1) is 11.8 Å². The highest BCUT2D eigenvalue weighted by molar-refractivity contribution is 7.99. The highest BCUT2D eigenvalue weighted by Gasteiger charge is 2.12. The molecule has 0 aliphatic rings. The molecule has 1 unspecified atom stereocenters. The van der Waals surface area contributed by atoms with Crippen molar-refractivity contribution in [3.05, 3.63) is 29.6 Å². The minimum atomic E-state index is -0.239. The van der Waals surface area contributed by atoms with E-state index in [-0.39, 0.29) is 17.8 Å². The van der Waals surface area contributed by atoms with Crippen molar-refractivity contribution in [1.82, 2.24) is 5.32 Å². The first kappa shape index (κ1) is 16.0. The Morgan fingerprint density at radius 3 is 2.89 bits per heavy atom. The summed E-state index contributed by atoms with van der Waals surface area (Å²) in [6.07, 6.45) is 0.355. The molecule has 0 heterocycles. The van der Waals surface area contributed by atoms with Crippen molar-refractivity contribution in [1.29, 1.82) is 0 Å². The Bertz CT molecular complexity index is 426. The first-order valence-electron chi connectivity index (χ1n) is 6.31. The van der Waals surface area contributed by atoms with Crippen molar-refractivity contribution in [2.45, 2.75) is 31.2 Å². The average molecular weight is 285 g/mol. The molecule has 0 radical (unpaired) electrons. The van der Waals surface area contributed by atoms with Crippen LogP contribution in [0.4, 0.5) is 4.39 Å². The van der Waals surface area contributed by atoms with Gasteiger partial charge in [0.15, 0.2) is 0 Å². The van der Waals surface area contributed by atoms with Gasteiger partial charge in [-0.25, -0.2) is 4.39 Å². The van der Waals surface area contributed by atoms with Crippen LogP contribution in [0.3, 0.4) is 0 Å². The van der Waals surface area contributed by atoms with Gasteiger partial charge in [0.1, 0.15) is 5.82 Å². The summed E-state index contributed by atoms with van der Waals surface area (Å²) < 4.78 is 17.9. The van der Waals surface area contributed by atoms with Gasteiger partial charge in [-0.1, -0.05) is 6.92 Å². The molecule has 19 heavy (non-hydrogen) atoms. The molecule has 3 nitrogen and oxygen atoms in total. The van der Waals surface area contributed by atoms with Crippen LogP contribution in [0.2, 0.25) is 0 Å². The fraction of sp³-hybridized carbons (Fsp3) is 0.500. The van der Waals surface area contributed by atoms with Gasteiger partial charge >= 0.3 is 5.97 Å². The maximum atomic E-state index is 13.3. The minimum Gasteiger partial charge on any atom is -0.469 e. The lowest BCUT2D eigenvalue weighted by molar-refractivity contribution is -0.140. The number of carbonyl (C=O) groups is 1. The van der Waals surface area contributed by atoms with Gasteiger partial charge in [0.25, 0.3) is 0 Å². The summed E-state index contributed by atoms with van der Waals surface area (Å²) in [6, 6.07) is 4.85. The van der Waals surface area contributed by atoms with E-state index in [2.05, 4.69) is 10.1 Å². The van der Waals surface area contributed by atoms with Crippen LogP contribution in [0.5, 0.6) is 0 Å². The average Bonchev–Trinajstić information content (AvgIpc) is 2.40. The maximum Gasteiger partial charge on any atom is 0.306 e. The molecule has 0 saturated heterocycles. The van der Waals surface area contributed by atoms with Crippen LogP contribution in [-0.2, 0) is 9.53 Å². The summed E-state index contributed by atoms with van der Waals surface area (Å²) in [5.41, 5.74) is 0.928. The minimum absolute atomic E-state index is 0.0846. The lowest BCUT2D eigenvalue weighted by Crippen LogP contribution is -2.18. The van der Waals surface area contributed by atoms with Crippen LogP contribution in [-0.4, -0.2) is 25.4 Å². The number of hydrogen-bond acceptors (Lipinski definition) is 4. The van der Waals surface area contributed by atoms with E-state index in [0.29, 0.717) is 12.2 Å². The summed E-state index contributed by atoms with van der Waals surface area (Å²) in [7, 11) is 1.38. The predicted molar refractivity (Wildman–Crippen MR) is 75.8 cm³/mol. The first-order valence-corrected chi connectivity index (χ1v) is 7.29. The standard InChI is InChI=1S/C14H20FNO2S/c1-4-16-10(2)12-9-11(15)5-6-13(12)19-8-7-14(17)18-3/h5-6,9-10,16H,4,7-8H2,1-3H3. The molecule has 0 spiro atoms. The highest BCUT2D eigenvalue weighted by atomic mass is 32.2. The second-order valence-electron chi connectivity index (χ2n) is 4.14. The van der Waals surface area contributed by atoms with Gasteiger partial charge in [-0.2, -0.15) is 0 Å². The number of ether oxygens (including phenoxy) is 1. The molecule has 1 atom stereocenters. The van der Waals surface area contributed by atoms with Crippen molar-refractivity contribution in [2.24, 2.45) is 0 Å². The maximum absolute atomic E-state index is 13.3. The summed E-state index contributed by atoms with van der Waals surface area (Å²) in [4.78, 5) is 12.1. The molecule has 1 N–H and O–H groups in total. The van der Waals surface area contributed by atoms with Crippen LogP contribution in [0.25, 0.3) is 0 Å². The Labute approximate surface area is 117 Å². The highest BCUT2D eigenvalue weighted by Crippen LogP contribution is 2.28. The van der Waals surface area contributed by atoms with E-state index in [1.54, 1.807) is 23.9 Å². The Hall–Kier alpha value is -1.07. The third kappa shape index (κ3) is 5.20. The molecule has 0 fully saturated rings. The first-order chi connectivity index (χ1) is 9.08. The SMILES string of the molecule is CCNC(C)c1cc(F)ccc1SCCC(=O)OC. The summed E-state index contributed by atoms with van der Waals surface area (Å²) in [5.74, 6) is 0.164. The number of methoxy groups -OCH3 is 1. The molecule has 1 aromatic carbocycles. The zero-order valence-corrected chi connectivity index (χ0v) is 12.3. The second kappa shape index (κ2) is 8.17. The number of esters is 1. The quantitative estimate of drug-likeness (QED) is 0.617. The van der Waals surface area contributed by atoms with Gasteiger partial charge in [-0.05, 0) is 37.2 Å². The second-order valence-corrected chi connectivity index (χ2v) is 5.27. The van der Waals surface area contributed by atoms with E-state index in [1.807, 2.05) is 13.8 Å². The Morgan fingerprint density at radius 1 is 1.53 bits per heavy atom. The Morgan fingerprint density at radius 2 is 2.26 bits per heavy atom. The van der Waals surface area contributed by atoms with Crippen LogP contribution in [0, 0.1) is 5.82 Å². The Balaban J connectivity index is 2.73. The molecular formula is C14H20FNO2S. The molecule has 5 heteroatoms. The summed E-state index contributed by atoms with van der Waals surface area (Å²) in [6.45, 7) is 4.84. The third-order valence-corrected chi connectivity index (χ3v) is 3.83. The number of thioether (sulfide) groups is 1.